The summed E-state index contributed by atoms with van der Waals surface area (Å²) >= 11 is 0. The molecule has 0 aliphatic heterocycles. The molecule has 8 nitrogen and oxygen atoms in total. The minimum Gasteiger partial charge on any atom is -0.491 e. The molecule has 2 N–H and O–H groups in total. The van der Waals surface area contributed by atoms with Crippen molar-refractivity contribution in [2.45, 2.75) is 0 Å². The Bertz CT molecular complexity index is 1390. The lowest BCUT2D eigenvalue weighted by molar-refractivity contribution is 0.146. The third kappa shape index (κ3) is 3.69. The summed E-state index contributed by atoms with van der Waals surface area (Å²) in [6.07, 6.45) is 4.91. The number of hydrogen-bond donors (Lipinski definition) is 2. The van der Waals surface area contributed by atoms with Crippen molar-refractivity contribution in [2.75, 3.05) is 25.6 Å². The van der Waals surface area contributed by atoms with Crippen LogP contribution >= 0.6 is 0 Å². The monoisotopic (exact) mass is 430 g/mol. The van der Waals surface area contributed by atoms with Crippen LogP contribution in [-0.2, 0) is 4.74 Å². The Balaban J connectivity index is 1.60. The molecule has 9 heteroatoms. The number of aromatic nitrogens is 5. The highest BCUT2D eigenvalue weighted by Crippen LogP contribution is 2.35. The van der Waals surface area contributed by atoms with Crippen LogP contribution in [0.2, 0.25) is 0 Å². The van der Waals surface area contributed by atoms with E-state index in [0.29, 0.717) is 36.1 Å². The molecule has 5 rings (SSSR count). The predicted octanol–water partition coefficient (Wildman–Crippen LogP) is 4.48. The number of benzene rings is 2. The van der Waals surface area contributed by atoms with E-state index in [2.05, 4.69) is 25.5 Å². The molecule has 0 radical (unpaired) electrons. The van der Waals surface area contributed by atoms with E-state index >= 15 is 0 Å². The Morgan fingerprint density at radius 2 is 2.00 bits per heavy atom. The zero-order valence-corrected chi connectivity index (χ0v) is 17.2. The Labute approximate surface area is 182 Å². The molecule has 0 bridgehead atoms. The summed E-state index contributed by atoms with van der Waals surface area (Å²) in [5, 5.41) is 12.6. The summed E-state index contributed by atoms with van der Waals surface area (Å²) in [6.45, 7) is 0.771. The Kier molecular flexibility index (Phi) is 5.30. The van der Waals surface area contributed by atoms with Crippen LogP contribution in [-0.4, -0.2) is 45.5 Å². The molecule has 5 aromatic rings. The van der Waals surface area contributed by atoms with Crippen LogP contribution in [0.5, 0.6) is 5.75 Å². The van der Waals surface area contributed by atoms with Crippen molar-refractivity contribution in [3.63, 3.8) is 0 Å². The number of halogens is 1. The number of ether oxygens (including phenoxy) is 2. The maximum atomic E-state index is 14.8. The normalized spacial score (nSPS) is 11.2. The first kappa shape index (κ1) is 19.8. The number of hydrogen-bond acceptors (Lipinski definition) is 7. The zero-order valence-electron chi connectivity index (χ0n) is 17.2. The van der Waals surface area contributed by atoms with Gasteiger partial charge in [-0.1, -0.05) is 12.1 Å². The van der Waals surface area contributed by atoms with Gasteiger partial charge < -0.3 is 14.8 Å². The van der Waals surface area contributed by atoms with Crippen molar-refractivity contribution in [1.82, 2.24) is 25.1 Å². The first-order valence-electron chi connectivity index (χ1n) is 9.95. The molecule has 0 fully saturated rings. The van der Waals surface area contributed by atoms with Gasteiger partial charge in [0.2, 0.25) is 0 Å². The standard InChI is InChI=1S/C23H19FN6O2/c1-31-9-10-32-14-5-6-20(19(24)11-14)28-23-16-7-8-25-12-18(16)15-3-2-4-17(21(15)29-23)22-26-13-27-30-22/h2-8,11-13H,9-10H2,1H3,(H,28,29)(H,26,27,30). The van der Waals surface area contributed by atoms with E-state index in [1.54, 1.807) is 31.6 Å². The van der Waals surface area contributed by atoms with E-state index in [1.807, 2.05) is 24.3 Å². The zero-order chi connectivity index (χ0) is 21.9. The van der Waals surface area contributed by atoms with Gasteiger partial charge in [0.05, 0.1) is 17.8 Å². The highest BCUT2D eigenvalue weighted by Gasteiger charge is 2.15. The number of para-hydroxylation sites is 1. The van der Waals surface area contributed by atoms with Crippen LogP contribution in [0, 0.1) is 5.82 Å². The predicted molar refractivity (Wildman–Crippen MR) is 119 cm³/mol. The van der Waals surface area contributed by atoms with Gasteiger partial charge in [-0.05, 0) is 24.3 Å². The first-order chi connectivity index (χ1) is 15.7. The van der Waals surface area contributed by atoms with Crippen LogP contribution in [0.15, 0.2) is 61.2 Å². The molecular weight excluding hydrogens is 411 g/mol. The number of aromatic amines is 1. The second-order valence-corrected chi connectivity index (χ2v) is 7.03. The van der Waals surface area contributed by atoms with Crippen LogP contribution in [0.1, 0.15) is 0 Å². The number of anilines is 2. The fourth-order valence-corrected chi connectivity index (χ4v) is 3.55. The molecule has 0 aliphatic carbocycles. The second kappa shape index (κ2) is 8.56. The van der Waals surface area contributed by atoms with E-state index < -0.39 is 5.82 Å². The minimum absolute atomic E-state index is 0.284. The van der Waals surface area contributed by atoms with Gasteiger partial charge in [0.15, 0.2) is 5.82 Å². The highest BCUT2D eigenvalue weighted by molar-refractivity contribution is 6.13. The Hall–Kier alpha value is -4.11. The largest absolute Gasteiger partial charge is 0.491 e. The molecule has 0 atom stereocenters. The van der Waals surface area contributed by atoms with Gasteiger partial charge in [0.1, 0.15) is 30.3 Å². The minimum atomic E-state index is -0.451. The van der Waals surface area contributed by atoms with Crippen LogP contribution in [0.3, 0.4) is 0 Å². The maximum absolute atomic E-state index is 14.8. The van der Waals surface area contributed by atoms with Crippen molar-refractivity contribution in [1.29, 1.82) is 0 Å². The lowest BCUT2D eigenvalue weighted by atomic mass is 10.0. The van der Waals surface area contributed by atoms with Gasteiger partial charge in [0, 0.05) is 47.3 Å². The van der Waals surface area contributed by atoms with Gasteiger partial charge in [-0.15, -0.1) is 0 Å². The third-order valence-corrected chi connectivity index (χ3v) is 5.05. The maximum Gasteiger partial charge on any atom is 0.157 e. The number of rotatable bonds is 7. The summed E-state index contributed by atoms with van der Waals surface area (Å²) < 4.78 is 25.3. The van der Waals surface area contributed by atoms with Gasteiger partial charge in [0.25, 0.3) is 0 Å². The smallest absolute Gasteiger partial charge is 0.157 e. The molecule has 2 aromatic carbocycles. The average molecular weight is 430 g/mol. The van der Waals surface area contributed by atoms with E-state index in [4.69, 9.17) is 14.5 Å². The first-order valence-corrected chi connectivity index (χ1v) is 9.95. The molecule has 0 aliphatic rings. The average Bonchev–Trinajstić information content (AvgIpc) is 3.35. The van der Waals surface area contributed by atoms with Crippen molar-refractivity contribution >= 4 is 33.2 Å². The molecule has 0 saturated carbocycles. The quantitative estimate of drug-likeness (QED) is 0.290. The summed E-state index contributed by atoms with van der Waals surface area (Å²) in [4.78, 5) is 13.4. The van der Waals surface area contributed by atoms with E-state index in [1.165, 1.54) is 12.4 Å². The third-order valence-electron chi connectivity index (χ3n) is 5.05. The van der Waals surface area contributed by atoms with Crippen molar-refractivity contribution in [3.8, 4) is 17.1 Å². The molecular formula is C23H19FN6O2. The summed E-state index contributed by atoms with van der Waals surface area (Å²) in [5.74, 6) is 1.08. The van der Waals surface area contributed by atoms with Crippen LogP contribution in [0.4, 0.5) is 15.9 Å². The van der Waals surface area contributed by atoms with Gasteiger partial charge in [-0.3, -0.25) is 10.1 Å². The van der Waals surface area contributed by atoms with E-state index in [0.717, 1.165) is 21.7 Å². The number of H-pyrrole nitrogens is 1. The molecule has 160 valence electrons. The van der Waals surface area contributed by atoms with Crippen LogP contribution < -0.4 is 10.1 Å². The Morgan fingerprint density at radius 3 is 2.81 bits per heavy atom. The molecule has 32 heavy (non-hydrogen) atoms. The van der Waals surface area contributed by atoms with Crippen molar-refractivity contribution < 1.29 is 13.9 Å². The number of fused-ring (bicyclic) bond motifs is 3. The summed E-state index contributed by atoms with van der Waals surface area (Å²) in [5.41, 5.74) is 1.77. The molecule has 0 amide bonds. The number of nitrogens with zero attached hydrogens (tertiary/aromatic N) is 4. The molecule has 0 unspecified atom stereocenters. The second-order valence-electron chi connectivity index (χ2n) is 7.03. The Morgan fingerprint density at radius 1 is 1.06 bits per heavy atom. The molecule has 3 heterocycles. The summed E-state index contributed by atoms with van der Waals surface area (Å²) in [7, 11) is 1.58. The lowest BCUT2D eigenvalue weighted by Gasteiger charge is -2.14. The van der Waals surface area contributed by atoms with Crippen LogP contribution in [0.25, 0.3) is 33.1 Å². The fraction of sp³-hybridized carbons (Fsp3) is 0.130. The summed E-state index contributed by atoms with van der Waals surface area (Å²) in [6, 6.07) is 12.3. The van der Waals surface area contributed by atoms with Gasteiger partial charge >= 0.3 is 0 Å². The SMILES string of the molecule is COCCOc1ccc(Nc2nc3c(-c4ncn[nH]4)cccc3c3cnccc23)c(F)c1. The van der Waals surface area contributed by atoms with Crippen molar-refractivity contribution in [3.05, 3.63) is 67.0 Å². The topological polar surface area (TPSA) is 97.8 Å². The van der Waals surface area contributed by atoms with Gasteiger partial charge in [-0.2, -0.15) is 5.10 Å². The molecule has 3 aromatic heterocycles. The van der Waals surface area contributed by atoms with E-state index in [9.17, 15) is 4.39 Å². The lowest BCUT2D eigenvalue weighted by Crippen LogP contribution is -2.05. The van der Waals surface area contributed by atoms with Crippen molar-refractivity contribution in [2.24, 2.45) is 0 Å². The highest BCUT2D eigenvalue weighted by atomic mass is 19.1. The molecule has 0 saturated heterocycles. The fourth-order valence-electron chi connectivity index (χ4n) is 3.55. The number of methoxy groups -OCH3 is 1. The van der Waals surface area contributed by atoms with Gasteiger partial charge in [-0.25, -0.2) is 14.4 Å². The molecule has 0 spiro atoms. The number of pyridine rings is 2. The van der Waals surface area contributed by atoms with E-state index in [-0.39, 0.29) is 5.69 Å². The number of nitrogens with one attached hydrogen (secondary N) is 2.